The Bertz CT molecular complexity index is 190. The largest absolute Gasteiger partial charge is 0.355 e. The summed E-state index contributed by atoms with van der Waals surface area (Å²) < 4.78 is 0. The van der Waals surface area contributed by atoms with Crippen LogP contribution in [0.3, 0.4) is 0 Å². The molecule has 3 nitrogen and oxygen atoms in total. The molecule has 0 aromatic rings. The smallest absolute Gasteiger partial charge is 0.237 e. The lowest BCUT2D eigenvalue weighted by Gasteiger charge is -2.25. The predicted molar refractivity (Wildman–Crippen MR) is 68.1 cm³/mol. The van der Waals surface area contributed by atoms with Crippen LogP contribution < -0.4 is 11.1 Å². The Balaban J connectivity index is 3.66. The summed E-state index contributed by atoms with van der Waals surface area (Å²) in [7, 11) is 0. The Labute approximate surface area is 97.6 Å². The van der Waals surface area contributed by atoms with Crippen LogP contribution in [-0.2, 0) is 4.79 Å². The fourth-order valence-electron chi connectivity index (χ4n) is 1.09. The number of carbonyl (C=O) groups is 1. The molecule has 3 N–H and O–H groups in total. The van der Waals surface area contributed by atoms with E-state index in [9.17, 15) is 4.79 Å². The summed E-state index contributed by atoms with van der Waals surface area (Å²) in [5.74, 6) is 1.12. The number of thioether (sulfide) groups is 1. The van der Waals surface area contributed by atoms with Crippen LogP contribution in [0.1, 0.15) is 33.6 Å². The quantitative estimate of drug-likeness (QED) is 0.684. The van der Waals surface area contributed by atoms with Crippen LogP contribution in [0.5, 0.6) is 0 Å². The summed E-state index contributed by atoms with van der Waals surface area (Å²) in [6, 6.07) is -0.418. The standard InChI is InChI=1S/C11H24N2OS/c1-11(2,3)9(12)10(14)13-7-5-6-8-15-4/h9H,5-8,12H2,1-4H3,(H,13,14)/t9-/m1/s1. The van der Waals surface area contributed by atoms with E-state index in [1.165, 1.54) is 0 Å². The van der Waals surface area contributed by atoms with Crippen LogP contribution in [0.15, 0.2) is 0 Å². The second kappa shape index (κ2) is 7.12. The van der Waals surface area contributed by atoms with E-state index in [0.29, 0.717) is 0 Å². The van der Waals surface area contributed by atoms with Gasteiger partial charge in [0.1, 0.15) is 0 Å². The van der Waals surface area contributed by atoms with E-state index in [2.05, 4.69) is 11.6 Å². The molecule has 0 aliphatic carbocycles. The highest BCUT2D eigenvalue weighted by molar-refractivity contribution is 7.98. The SMILES string of the molecule is CSCCCCNC(=O)[C@@H](N)C(C)(C)C. The van der Waals surface area contributed by atoms with Crippen molar-refractivity contribution in [1.29, 1.82) is 0 Å². The molecular weight excluding hydrogens is 208 g/mol. The summed E-state index contributed by atoms with van der Waals surface area (Å²) in [6.45, 7) is 6.67. The first-order chi connectivity index (χ1) is 6.89. The third-order valence-electron chi connectivity index (χ3n) is 2.29. The van der Waals surface area contributed by atoms with Crippen LogP contribution in [0.4, 0.5) is 0 Å². The lowest BCUT2D eigenvalue weighted by atomic mass is 9.87. The minimum Gasteiger partial charge on any atom is -0.355 e. The first-order valence-corrected chi connectivity index (χ1v) is 6.81. The van der Waals surface area contributed by atoms with E-state index < -0.39 is 6.04 Å². The summed E-state index contributed by atoms with van der Waals surface area (Å²) >= 11 is 1.83. The molecule has 1 amide bonds. The van der Waals surface area contributed by atoms with Crippen molar-refractivity contribution in [2.45, 2.75) is 39.7 Å². The topological polar surface area (TPSA) is 55.1 Å². The van der Waals surface area contributed by atoms with Gasteiger partial charge < -0.3 is 11.1 Å². The van der Waals surface area contributed by atoms with Gasteiger partial charge in [-0.05, 0) is 30.3 Å². The number of hydrogen-bond acceptors (Lipinski definition) is 3. The van der Waals surface area contributed by atoms with E-state index in [-0.39, 0.29) is 11.3 Å². The molecule has 4 heteroatoms. The molecule has 0 bridgehead atoms. The molecule has 0 fully saturated rings. The Morgan fingerprint density at radius 1 is 1.40 bits per heavy atom. The van der Waals surface area contributed by atoms with Crippen LogP contribution in [0.2, 0.25) is 0 Å². The van der Waals surface area contributed by atoms with E-state index in [0.717, 1.165) is 25.1 Å². The zero-order valence-corrected chi connectivity index (χ0v) is 11.1. The molecule has 0 aliphatic rings. The fourth-order valence-corrected chi connectivity index (χ4v) is 1.58. The van der Waals surface area contributed by atoms with E-state index >= 15 is 0 Å². The number of unbranched alkanes of at least 4 members (excludes halogenated alkanes) is 1. The van der Waals surface area contributed by atoms with Crippen molar-refractivity contribution in [3.8, 4) is 0 Å². The highest BCUT2D eigenvalue weighted by Crippen LogP contribution is 2.17. The van der Waals surface area contributed by atoms with Gasteiger partial charge in [0.25, 0.3) is 0 Å². The summed E-state index contributed by atoms with van der Waals surface area (Å²) in [4.78, 5) is 11.6. The normalized spacial score (nSPS) is 13.7. The van der Waals surface area contributed by atoms with Crippen molar-refractivity contribution in [2.75, 3.05) is 18.6 Å². The molecule has 0 aromatic carbocycles. The number of carbonyl (C=O) groups excluding carboxylic acids is 1. The van der Waals surface area contributed by atoms with Gasteiger partial charge >= 0.3 is 0 Å². The van der Waals surface area contributed by atoms with E-state index in [1.807, 2.05) is 32.5 Å². The number of amides is 1. The van der Waals surface area contributed by atoms with Crippen molar-refractivity contribution < 1.29 is 4.79 Å². The first-order valence-electron chi connectivity index (χ1n) is 5.42. The zero-order chi connectivity index (χ0) is 11.9. The van der Waals surface area contributed by atoms with Crippen molar-refractivity contribution in [3.63, 3.8) is 0 Å². The van der Waals surface area contributed by atoms with Crippen LogP contribution in [0, 0.1) is 5.41 Å². The Morgan fingerprint density at radius 3 is 2.47 bits per heavy atom. The Morgan fingerprint density at radius 2 is 2.00 bits per heavy atom. The van der Waals surface area contributed by atoms with Gasteiger partial charge in [-0.1, -0.05) is 20.8 Å². The maximum Gasteiger partial charge on any atom is 0.237 e. The molecule has 1 atom stereocenters. The highest BCUT2D eigenvalue weighted by atomic mass is 32.2. The molecular formula is C11H24N2OS. The van der Waals surface area contributed by atoms with Crippen LogP contribution in [0.25, 0.3) is 0 Å². The fraction of sp³-hybridized carbons (Fsp3) is 0.909. The Hall–Kier alpha value is -0.220. The van der Waals surface area contributed by atoms with Crippen LogP contribution >= 0.6 is 11.8 Å². The predicted octanol–water partition coefficient (Wildman–Crippen LogP) is 1.62. The second-order valence-corrected chi connectivity index (χ2v) is 5.82. The van der Waals surface area contributed by atoms with Gasteiger partial charge in [0.05, 0.1) is 6.04 Å². The third kappa shape index (κ3) is 6.79. The molecule has 90 valence electrons. The molecule has 15 heavy (non-hydrogen) atoms. The average molecular weight is 232 g/mol. The molecule has 0 rings (SSSR count). The lowest BCUT2D eigenvalue weighted by molar-refractivity contribution is -0.124. The van der Waals surface area contributed by atoms with Gasteiger partial charge in [-0.2, -0.15) is 11.8 Å². The summed E-state index contributed by atoms with van der Waals surface area (Å²) in [5, 5.41) is 2.87. The monoisotopic (exact) mass is 232 g/mol. The highest BCUT2D eigenvalue weighted by Gasteiger charge is 2.26. The molecule has 0 spiro atoms. The number of nitrogens with two attached hydrogens (primary N) is 1. The van der Waals surface area contributed by atoms with Gasteiger partial charge in [0.15, 0.2) is 0 Å². The third-order valence-corrected chi connectivity index (χ3v) is 2.99. The van der Waals surface area contributed by atoms with Gasteiger partial charge in [0, 0.05) is 6.54 Å². The number of hydrogen-bond donors (Lipinski definition) is 2. The summed E-state index contributed by atoms with van der Waals surface area (Å²) in [5.41, 5.74) is 5.66. The molecule has 0 saturated heterocycles. The lowest BCUT2D eigenvalue weighted by Crippen LogP contribution is -2.48. The molecule has 0 aromatic heterocycles. The van der Waals surface area contributed by atoms with Crippen molar-refractivity contribution in [3.05, 3.63) is 0 Å². The van der Waals surface area contributed by atoms with Crippen LogP contribution in [-0.4, -0.2) is 30.5 Å². The Kier molecular flexibility index (Phi) is 7.02. The molecule has 0 saturated carbocycles. The van der Waals surface area contributed by atoms with E-state index in [4.69, 9.17) is 5.73 Å². The van der Waals surface area contributed by atoms with E-state index in [1.54, 1.807) is 0 Å². The van der Waals surface area contributed by atoms with Gasteiger partial charge in [0.2, 0.25) is 5.91 Å². The minimum atomic E-state index is -0.418. The maximum absolute atomic E-state index is 11.6. The molecule has 0 unspecified atom stereocenters. The molecule has 0 radical (unpaired) electrons. The average Bonchev–Trinajstić information content (AvgIpc) is 2.14. The van der Waals surface area contributed by atoms with Gasteiger partial charge in [-0.25, -0.2) is 0 Å². The van der Waals surface area contributed by atoms with Gasteiger partial charge in [-0.3, -0.25) is 4.79 Å². The minimum absolute atomic E-state index is 0.0355. The number of nitrogens with one attached hydrogen (secondary N) is 1. The van der Waals surface area contributed by atoms with Gasteiger partial charge in [-0.15, -0.1) is 0 Å². The first kappa shape index (κ1) is 14.8. The van der Waals surface area contributed by atoms with Crippen molar-refractivity contribution >= 4 is 17.7 Å². The maximum atomic E-state index is 11.6. The summed E-state index contributed by atoms with van der Waals surface area (Å²) in [6.07, 6.45) is 4.27. The van der Waals surface area contributed by atoms with Crippen molar-refractivity contribution in [1.82, 2.24) is 5.32 Å². The number of rotatable bonds is 6. The molecule has 0 aliphatic heterocycles. The van der Waals surface area contributed by atoms with Crippen molar-refractivity contribution in [2.24, 2.45) is 11.1 Å². The zero-order valence-electron chi connectivity index (χ0n) is 10.3. The second-order valence-electron chi connectivity index (χ2n) is 4.83. The molecule has 0 heterocycles.